The number of benzene rings is 1. The Morgan fingerprint density at radius 3 is 2.56 bits per heavy atom. The number of nitrogens with zero attached hydrogens (tertiary/aromatic N) is 3. The number of alkyl carbamates (subject to hydrolysis) is 1. The van der Waals surface area contributed by atoms with Crippen LogP contribution >= 0.6 is 15.9 Å². The molecule has 3 heterocycles. The van der Waals surface area contributed by atoms with Crippen LogP contribution in [0, 0.1) is 11.3 Å². The van der Waals surface area contributed by atoms with Gasteiger partial charge in [-0.05, 0) is 81.6 Å². The van der Waals surface area contributed by atoms with Crippen molar-refractivity contribution in [3.63, 3.8) is 0 Å². The van der Waals surface area contributed by atoms with Gasteiger partial charge in [0.15, 0.2) is 5.78 Å². The fourth-order valence-electron chi connectivity index (χ4n) is 6.80. The Labute approximate surface area is 289 Å². The molecular weight excluding hydrogens is 680 g/mol. The van der Waals surface area contributed by atoms with Crippen LogP contribution in [-0.2, 0) is 23.9 Å². The summed E-state index contributed by atoms with van der Waals surface area (Å²) in [6.45, 7) is 7.20. The number of Topliss-reactive ketones (excluding diaryl/α,β-unsaturated/α-hetero) is 1. The van der Waals surface area contributed by atoms with E-state index >= 15 is 0 Å². The maximum absolute atomic E-state index is 14.4. The summed E-state index contributed by atoms with van der Waals surface area (Å²) >= 11 is 3.48. The van der Waals surface area contributed by atoms with Gasteiger partial charge in [0.05, 0.1) is 28.6 Å². The van der Waals surface area contributed by atoms with Crippen LogP contribution < -0.4 is 10.9 Å². The summed E-state index contributed by atoms with van der Waals surface area (Å²) in [4.78, 5) is 69.7. The van der Waals surface area contributed by atoms with Crippen molar-refractivity contribution in [2.24, 2.45) is 11.3 Å². The highest BCUT2D eigenvalue weighted by atomic mass is 79.9. The van der Waals surface area contributed by atoms with Crippen molar-refractivity contribution in [2.45, 2.75) is 103 Å². The zero-order valence-electron chi connectivity index (χ0n) is 28.1. The van der Waals surface area contributed by atoms with Crippen molar-refractivity contribution in [3.05, 3.63) is 63.4 Å². The van der Waals surface area contributed by atoms with Crippen molar-refractivity contribution in [2.75, 3.05) is 13.2 Å². The highest BCUT2D eigenvalue weighted by molar-refractivity contribution is 9.10. The lowest BCUT2D eigenvalue weighted by atomic mass is 9.91. The van der Waals surface area contributed by atoms with Crippen LogP contribution in [0.5, 0.6) is 0 Å². The molecule has 1 saturated carbocycles. The van der Waals surface area contributed by atoms with Crippen LogP contribution in [0.1, 0.15) is 85.1 Å². The van der Waals surface area contributed by atoms with Gasteiger partial charge in [0, 0.05) is 24.6 Å². The monoisotopic (exact) mass is 724 g/mol. The Bertz CT molecular complexity index is 1620. The smallest absolute Gasteiger partial charge is 0.408 e. The normalized spacial score (nSPS) is 27.1. The predicted molar refractivity (Wildman–Crippen MR) is 183 cm³/mol. The van der Waals surface area contributed by atoms with E-state index in [1.807, 2.05) is 36.4 Å². The van der Waals surface area contributed by atoms with Crippen LogP contribution in [0.15, 0.2) is 57.8 Å². The fourth-order valence-corrected chi connectivity index (χ4v) is 7.30. The number of nitrogens with one attached hydrogen (secondary N) is 1. The third-order valence-electron chi connectivity index (χ3n) is 9.26. The van der Waals surface area contributed by atoms with Gasteiger partial charge in [0.25, 0.3) is 5.56 Å². The molecule has 0 unspecified atom stereocenters. The van der Waals surface area contributed by atoms with Crippen LogP contribution in [0.25, 0.3) is 11.3 Å². The van der Waals surface area contributed by atoms with E-state index < -0.39 is 47.1 Å². The maximum atomic E-state index is 14.4. The molecule has 2 aliphatic heterocycles. The van der Waals surface area contributed by atoms with Gasteiger partial charge in [-0.3, -0.25) is 19.2 Å². The number of ketones is 1. The molecule has 1 aromatic carbocycles. The third kappa shape index (κ3) is 8.07. The molecule has 11 nitrogen and oxygen atoms in total. The Hall–Kier alpha value is -3.80. The molecule has 2 amide bonds. The van der Waals surface area contributed by atoms with E-state index in [1.54, 1.807) is 27.7 Å². The first-order valence-electron chi connectivity index (χ1n) is 16.8. The van der Waals surface area contributed by atoms with Crippen LogP contribution in [0.3, 0.4) is 0 Å². The second-order valence-corrected chi connectivity index (χ2v) is 14.8. The molecule has 48 heavy (non-hydrogen) atoms. The van der Waals surface area contributed by atoms with E-state index in [0.717, 1.165) is 24.8 Å². The molecule has 1 saturated heterocycles. The standard InChI is InChI=1S/C36H45BrN4O7/c1-5-47-33(45)36-20-24(36)16-12-7-6-8-13-17-27(38-34(46)48-35(2,3)4)32(44)40-22-25(18-28(40)29(42)21-36)41-30(43)19-26(37)31(39-41)23-14-10-9-11-15-23/h9-12,14-16,19,24-25,27-28H,5-8,13,17-18,20-22H2,1-4H3,(H,38,46)/b16-12-/t24-,25-,27+,28+,36-/m1/s1. The van der Waals surface area contributed by atoms with E-state index in [2.05, 4.69) is 27.3 Å². The average molecular weight is 726 g/mol. The minimum Gasteiger partial charge on any atom is -0.466 e. The minimum atomic E-state index is -0.988. The van der Waals surface area contributed by atoms with E-state index in [4.69, 9.17) is 14.6 Å². The molecule has 0 radical (unpaired) electrons. The van der Waals surface area contributed by atoms with Gasteiger partial charge in [-0.2, -0.15) is 5.10 Å². The lowest BCUT2D eigenvalue weighted by Crippen LogP contribution is -2.52. The lowest BCUT2D eigenvalue weighted by Gasteiger charge is -2.30. The molecule has 5 atom stereocenters. The highest BCUT2D eigenvalue weighted by Crippen LogP contribution is 2.57. The first-order valence-corrected chi connectivity index (χ1v) is 17.6. The second-order valence-electron chi connectivity index (χ2n) is 14.0. The zero-order valence-corrected chi connectivity index (χ0v) is 29.7. The molecule has 1 N–H and O–H groups in total. The Kier molecular flexibility index (Phi) is 10.9. The van der Waals surface area contributed by atoms with Gasteiger partial charge in [-0.1, -0.05) is 55.3 Å². The van der Waals surface area contributed by atoms with Gasteiger partial charge in [0.2, 0.25) is 5.91 Å². The third-order valence-corrected chi connectivity index (χ3v) is 9.87. The molecule has 2 aromatic rings. The summed E-state index contributed by atoms with van der Waals surface area (Å²) in [6, 6.07) is 8.34. The first kappa shape index (κ1) is 35.5. The molecule has 5 rings (SSSR count). The van der Waals surface area contributed by atoms with Gasteiger partial charge >= 0.3 is 12.1 Å². The van der Waals surface area contributed by atoms with E-state index in [0.29, 0.717) is 29.4 Å². The van der Waals surface area contributed by atoms with E-state index in [9.17, 15) is 24.0 Å². The number of rotatable bonds is 5. The van der Waals surface area contributed by atoms with Crippen molar-refractivity contribution < 1.29 is 28.7 Å². The SMILES string of the molecule is CCOC(=O)[C@]12CC(=O)[C@@H]3C[C@@H](n4nc(-c5ccccc5)c(Br)cc4=O)CN3C(=O)[C@@H](NC(=O)OC(C)(C)C)CCCCC/C=C\[C@@H]1C2. The largest absolute Gasteiger partial charge is 0.466 e. The Balaban J connectivity index is 1.52. The summed E-state index contributed by atoms with van der Waals surface area (Å²) in [7, 11) is 0. The molecule has 1 aliphatic carbocycles. The molecule has 3 aliphatic rings. The van der Waals surface area contributed by atoms with E-state index in [1.165, 1.54) is 15.6 Å². The number of allylic oxidation sites excluding steroid dienone is 2. The van der Waals surface area contributed by atoms with Crippen LogP contribution in [0.2, 0.25) is 0 Å². The van der Waals surface area contributed by atoms with E-state index in [-0.39, 0.29) is 43.3 Å². The van der Waals surface area contributed by atoms with Crippen molar-refractivity contribution >= 4 is 39.7 Å². The quantitative estimate of drug-likeness (QED) is 0.304. The highest BCUT2D eigenvalue weighted by Gasteiger charge is 2.61. The summed E-state index contributed by atoms with van der Waals surface area (Å²) < 4.78 is 12.8. The topological polar surface area (TPSA) is 137 Å². The summed E-state index contributed by atoms with van der Waals surface area (Å²) in [5.41, 5.74) is -0.797. The molecule has 258 valence electrons. The molecule has 0 spiro atoms. The molecule has 0 bridgehead atoms. The second kappa shape index (κ2) is 14.8. The summed E-state index contributed by atoms with van der Waals surface area (Å²) in [5, 5.41) is 7.48. The number of esters is 1. The van der Waals surface area contributed by atoms with Gasteiger partial charge < -0.3 is 19.7 Å². The fraction of sp³-hybridized carbons (Fsp3) is 0.556. The van der Waals surface area contributed by atoms with Gasteiger partial charge in [-0.15, -0.1) is 0 Å². The Morgan fingerprint density at radius 2 is 1.85 bits per heavy atom. The molecule has 1 aromatic heterocycles. The Morgan fingerprint density at radius 1 is 1.10 bits per heavy atom. The zero-order chi connectivity index (χ0) is 34.6. The molecule has 12 heteroatoms. The predicted octanol–water partition coefficient (Wildman–Crippen LogP) is 5.76. The summed E-state index contributed by atoms with van der Waals surface area (Å²) in [5.74, 6) is -1.25. The summed E-state index contributed by atoms with van der Waals surface area (Å²) in [6.07, 6.45) is 7.41. The molecular formula is C36H45BrN4O7. The van der Waals surface area contributed by atoms with Gasteiger partial charge in [0.1, 0.15) is 17.3 Å². The van der Waals surface area contributed by atoms with Crippen LogP contribution in [0.4, 0.5) is 4.79 Å². The number of hydrogen-bond acceptors (Lipinski definition) is 8. The molecule has 2 fully saturated rings. The minimum absolute atomic E-state index is 0.0280. The number of aromatic nitrogens is 2. The first-order chi connectivity index (χ1) is 22.8. The number of hydrogen-bond donors (Lipinski definition) is 1. The lowest BCUT2D eigenvalue weighted by molar-refractivity contribution is -0.152. The number of halogens is 1. The van der Waals surface area contributed by atoms with Crippen molar-refractivity contribution in [1.29, 1.82) is 0 Å². The number of carbonyl (C=O) groups excluding carboxylic acids is 4. The van der Waals surface area contributed by atoms with Gasteiger partial charge in [-0.25, -0.2) is 9.48 Å². The maximum Gasteiger partial charge on any atom is 0.408 e. The number of amides is 2. The average Bonchev–Trinajstić information content (AvgIpc) is 3.53. The van der Waals surface area contributed by atoms with Crippen LogP contribution in [-0.4, -0.2) is 69.3 Å². The van der Waals surface area contributed by atoms with Crippen molar-refractivity contribution in [3.8, 4) is 11.3 Å². The number of carbonyl (C=O) groups is 4. The van der Waals surface area contributed by atoms with Crippen molar-refractivity contribution in [1.82, 2.24) is 20.0 Å². The number of fused-ring (bicyclic) bond motifs is 2. The number of ether oxygens (including phenoxy) is 2.